The number of tetrazole rings is 1. The molecule has 1 atom stereocenters. The zero-order chi connectivity index (χ0) is 20.8. The first-order valence-electron chi connectivity index (χ1n) is 9.85. The van der Waals surface area contributed by atoms with Crippen LogP contribution in [0.25, 0.3) is 5.69 Å². The Kier molecular flexibility index (Phi) is 6.38. The first-order valence-corrected chi connectivity index (χ1v) is 10.8. The predicted molar refractivity (Wildman–Crippen MR) is 113 cm³/mol. The highest BCUT2D eigenvalue weighted by Crippen LogP contribution is 2.26. The van der Waals surface area contributed by atoms with E-state index in [1.54, 1.807) is 10.7 Å². The summed E-state index contributed by atoms with van der Waals surface area (Å²) in [5.41, 5.74) is 1.42. The van der Waals surface area contributed by atoms with Crippen molar-refractivity contribution in [2.24, 2.45) is 0 Å². The Balaban J connectivity index is 1.47. The Morgan fingerprint density at radius 3 is 2.80 bits per heavy atom. The van der Waals surface area contributed by atoms with Crippen LogP contribution in [-0.4, -0.2) is 44.6 Å². The summed E-state index contributed by atoms with van der Waals surface area (Å²) in [5, 5.41) is 17.7. The zero-order valence-corrected chi connectivity index (χ0v) is 17.1. The topological polar surface area (TPSA) is 102 Å². The van der Waals surface area contributed by atoms with Crippen LogP contribution in [0.15, 0.2) is 59.5 Å². The van der Waals surface area contributed by atoms with E-state index in [0.29, 0.717) is 30.1 Å². The van der Waals surface area contributed by atoms with Gasteiger partial charge >= 0.3 is 0 Å². The smallest absolute Gasteiger partial charge is 0.253 e. The van der Waals surface area contributed by atoms with Crippen LogP contribution in [-0.2, 0) is 10.5 Å². The number of hydrogen-bond acceptors (Lipinski definition) is 6. The third-order valence-electron chi connectivity index (χ3n) is 4.86. The average molecular weight is 423 g/mol. The Morgan fingerprint density at radius 2 is 1.93 bits per heavy atom. The fraction of sp³-hybridized carbons (Fsp3) is 0.286. The van der Waals surface area contributed by atoms with Crippen molar-refractivity contribution < 1.29 is 9.59 Å². The molecule has 1 aromatic heterocycles. The lowest BCUT2D eigenvalue weighted by Crippen LogP contribution is -2.45. The van der Waals surface area contributed by atoms with Crippen molar-refractivity contribution >= 4 is 23.6 Å². The van der Waals surface area contributed by atoms with Crippen LogP contribution in [0.2, 0.25) is 0 Å². The molecule has 0 spiro atoms. The van der Waals surface area contributed by atoms with Crippen molar-refractivity contribution in [2.45, 2.75) is 36.0 Å². The second-order valence-corrected chi connectivity index (χ2v) is 7.96. The van der Waals surface area contributed by atoms with E-state index >= 15 is 0 Å². The molecule has 1 unspecified atom stereocenters. The summed E-state index contributed by atoms with van der Waals surface area (Å²) in [6, 6.07) is 16.5. The number of carbonyl (C=O) groups is 2. The van der Waals surface area contributed by atoms with E-state index in [2.05, 4.69) is 26.2 Å². The van der Waals surface area contributed by atoms with Crippen molar-refractivity contribution in [1.82, 2.24) is 30.8 Å². The van der Waals surface area contributed by atoms with Gasteiger partial charge in [-0.1, -0.05) is 30.3 Å². The number of benzene rings is 2. The number of rotatable bonds is 6. The van der Waals surface area contributed by atoms with Gasteiger partial charge < -0.3 is 10.6 Å². The number of carbonyl (C=O) groups excluding carboxylic acids is 2. The third-order valence-corrected chi connectivity index (χ3v) is 5.93. The van der Waals surface area contributed by atoms with E-state index in [9.17, 15) is 9.59 Å². The number of hydrogen-bond donors (Lipinski definition) is 2. The monoisotopic (exact) mass is 422 g/mol. The molecule has 1 aliphatic rings. The molecule has 2 aromatic carbocycles. The van der Waals surface area contributed by atoms with Gasteiger partial charge in [0.25, 0.3) is 5.91 Å². The minimum atomic E-state index is -0.497. The van der Waals surface area contributed by atoms with Gasteiger partial charge in [-0.05, 0) is 54.0 Å². The van der Waals surface area contributed by atoms with Gasteiger partial charge in [-0.2, -0.15) is 4.68 Å². The fourth-order valence-electron chi connectivity index (χ4n) is 3.30. The van der Waals surface area contributed by atoms with Gasteiger partial charge in [0, 0.05) is 11.4 Å². The van der Waals surface area contributed by atoms with Gasteiger partial charge in [0.15, 0.2) is 5.82 Å². The van der Waals surface area contributed by atoms with Crippen LogP contribution in [0.1, 0.15) is 35.4 Å². The lowest BCUT2D eigenvalue weighted by Gasteiger charge is -2.16. The molecule has 2 heterocycles. The van der Waals surface area contributed by atoms with Crippen molar-refractivity contribution in [3.05, 3.63) is 66.0 Å². The molecule has 1 saturated heterocycles. The summed E-state index contributed by atoms with van der Waals surface area (Å²) in [4.78, 5) is 25.9. The van der Waals surface area contributed by atoms with Gasteiger partial charge in [0.05, 0.1) is 17.0 Å². The minimum Gasteiger partial charge on any atom is -0.354 e. The molecule has 0 aliphatic carbocycles. The molecule has 9 heteroatoms. The van der Waals surface area contributed by atoms with Crippen LogP contribution in [0.4, 0.5) is 0 Å². The van der Waals surface area contributed by atoms with Gasteiger partial charge in [-0.25, -0.2) is 0 Å². The van der Waals surface area contributed by atoms with E-state index in [0.717, 1.165) is 23.4 Å². The van der Waals surface area contributed by atoms with Crippen LogP contribution in [0, 0.1) is 0 Å². The number of nitrogens with zero attached hydrogens (tertiary/aromatic N) is 4. The number of nitrogens with one attached hydrogen (secondary N) is 2. The number of para-hydroxylation sites is 1. The molecule has 8 nitrogen and oxygen atoms in total. The highest BCUT2D eigenvalue weighted by atomic mass is 32.2. The summed E-state index contributed by atoms with van der Waals surface area (Å²) >= 11 is 1.48. The third kappa shape index (κ3) is 4.68. The van der Waals surface area contributed by atoms with Gasteiger partial charge in [0.2, 0.25) is 5.91 Å². The lowest BCUT2D eigenvalue weighted by atomic mass is 10.1. The van der Waals surface area contributed by atoms with Crippen LogP contribution < -0.4 is 10.6 Å². The van der Waals surface area contributed by atoms with E-state index in [4.69, 9.17) is 0 Å². The Hall–Kier alpha value is -3.20. The predicted octanol–water partition coefficient (Wildman–Crippen LogP) is 2.35. The first kappa shape index (κ1) is 20.1. The van der Waals surface area contributed by atoms with Gasteiger partial charge in [-0.15, -0.1) is 16.9 Å². The molecular formula is C21H22N6O2S. The summed E-state index contributed by atoms with van der Waals surface area (Å²) in [6.07, 6.45) is 2.49. The summed E-state index contributed by atoms with van der Waals surface area (Å²) in [6.45, 7) is 0.660. The SMILES string of the molecule is O=C(NC1CCCCNC1=O)c1ccccc1SCc1nnnn1-c1ccccc1. The highest BCUT2D eigenvalue weighted by molar-refractivity contribution is 7.98. The fourth-order valence-corrected chi connectivity index (χ4v) is 4.26. The maximum absolute atomic E-state index is 12.9. The molecule has 2 N–H and O–H groups in total. The summed E-state index contributed by atoms with van der Waals surface area (Å²) in [7, 11) is 0. The van der Waals surface area contributed by atoms with Crippen LogP contribution in [0.3, 0.4) is 0 Å². The molecular weight excluding hydrogens is 400 g/mol. The molecule has 0 bridgehead atoms. The van der Waals surface area contributed by atoms with Gasteiger partial charge in [0.1, 0.15) is 6.04 Å². The largest absolute Gasteiger partial charge is 0.354 e. The van der Waals surface area contributed by atoms with Crippen molar-refractivity contribution in [1.29, 1.82) is 0 Å². The molecule has 2 amide bonds. The second-order valence-electron chi connectivity index (χ2n) is 6.94. The average Bonchev–Trinajstić information content (AvgIpc) is 3.16. The van der Waals surface area contributed by atoms with E-state index in [1.807, 2.05) is 48.5 Å². The molecule has 1 aliphatic heterocycles. The molecule has 4 rings (SSSR count). The number of aromatic nitrogens is 4. The van der Waals surface area contributed by atoms with Crippen LogP contribution in [0.5, 0.6) is 0 Å². The maximum atomic E-state index is 12.9. The van der Waals surface area contributed by atoms with Crippen molar-refractivity contribution in [3.63, 3.8) is 0 Å². The van der Waals surface area contributed by atoms with Crippen LogP contribution >= 0.6 is 11.8 Å². The molecule has 3 aromatic rings. The lowest BCUT2D eigenvalue weighted by molar-refractivity contribution is -0.122. The normalized spacial score (nSPS) is 16.5. The van der Waals surface area contributed by atoms with Crippen molar-refractivity contribution in [3.8, 4) is 5.69 Å². The number of thioether (sulfide) groups is 1. The van der Waals surface area contributed by atoms with Gasteiger partial charge in [-0.3, -0.25) is 9.59 Å². The highest BCUT2D eigenvalue weighted by Gasteiger charge is 2.24. The Bertz CT molecular complexity index is 1020. The molecule has 30 heavy (non-hydrogen) atoms. The van der Waals surface area contributed by atoms with E-state index in [-0.39, 0.29) is 11.8 Å². The molecule has 1 fully saturated rings. The zero-order valence-electron chi connectivity index (χ0n) is 16.3. The number of amides is 2. The van der Waals surface area contributed by atoms with Crippen molar-refractivity contribution in [2.75, 3.05) is 6.54 Å². The first-order chi connectivity index (χ1) is 14.7. The molecule has 0 saturated carbocycles. The molecule has 154 valence electrons. The standard InChI is InChI=1S/C21H22N6O2S/c28-20(23-17-11-6-7-13-22-21(17)29)16-10-4-5-12-18(16)30-14-19-24-25-26-27(19)15-8-2-1-3-9-15/h1-5,8-10,12,17H,6-7,11,13-14H2,(H,22,29)(H,23,28). The second kappa shape index (κ2) is 9.53. The quantitative estimate of drug-likeness (QED) is 0.592. The minimum absolute atomic E-state index is 0.118. The summed E-state index contributed by atoms with van der Waals surface area (Å²) < 4.78 is 1.69. The Morgan fingerprint density at radius 1 is 1.13 bits per heavy atom. The van der Waals surface area contributed by atoms with E-state index < -0.39 is 6.04 Å². The Labute approximate surface area is 178 Å². The van der Waals surface area contributed by atoms with E-state index in [1.165, 1.54) is 11.8 Å². The molecule has 0 radical (unpaired) electrons. The summed E-state index contributed by atoms with van der Waals surface area (Å²) in [5.74, 6) is 0.816. The maximum Gasteiger partial charge on any atom is 0.253 e.